The summed E-state index contributed by atoms with van der Waals surface area (Å²) in [5.41, 5.74) is 5.65. The molecule has 0 unspecified atom stereocenters. The van der Waals surface area contributed by atoms with Crippen molar-refractivity contribution in [1.82, 2.24) is 20.1 Å². The van der Waals surface area contributed by atoms with Gasteiger partial charge in [0.15, 0.2) is 11.6 Å². The third kappa shape index (κ3) is 4.81. The molecule has 4 rings (SSSR count). The summed E-state index contributed by atoms with van der Waals surface area (Å²) in [5.74, 6) is 1.79. The molecule has 7 nitrogen and oxygen atoms in total. The number of hydrogen-bond donors (Lipinski definition) is 1. The van der Waals surface area contributed by atoms with E-state index in [1.54, 1.807) is 7.11 Å². The third-order valence-electron chi connectivity index (χ3n) is 6.42. The van der Waals surface area contributed by atoms with Crippen LogP contribution < -0.4 is 0 Å². The predicted molar refractivity (Wildman–Crippen MR) is 126 cm³/mol. The van der Waals surface area contributed by atoms with Gasteiger partial charge in [-0.1, -0.05) is 25.1 Å². The molecule has 2 aromatic carbocycles. The van der Waals surface area contributed by atoms with Crippen molar-refractivity contribution in [3.8, 4) is 17.5 Å². The molecule has 1 aliphatic rings. The molecule has 0 bridgehead atoms. The normalized spacial score (nSPS) is 14.3. The standard InChI is InChI=1S/C26H29N5O2/c1-4-19-13-17(2)22(25-28-24(16-33-3)29-30-25)14-23(19)26(32)31-11-9-21(10-12-31)20-7-5-18(15-27)6-8-20/h5-8,13-14,21H,4,9-12,16H2,1-3H3,(H,28,29,30). The van der Waals surface area contributed by atoms with Gasteiger partial charge < -0.3 is 14.6 Å². The number of carbonyl (C=O) groups excluding carboxylic acids is 1. The van der Waals surface area contributed by atoms with E-state index in [2.05, 4.69) is 34.2 Å². The highest BCUT2D eigenvalue weighted by atomic mass is 16.5. The zero-order chi connectivity index (χ0) is 23.4. The smallest absolute Gasteiger partial charge is 0.254 e. The Morgan fingerprint density at radius 2 is 1.94 bits per heavy atom. The van der Waals surface area contributed by atoms with Crippen molar-refractivity contribution in [1.29, 1.82) is 5.26 Å². The summed E-state index contributed by atoms with van der Waals surface area (Å²) in [4.78, 5) is 18.7. The number of aromatic nitrogens is 3. The molecule has 170 valence electrons. The number of aromatic amines is 1. The zero-order valence-corrected chi connectivity index (χ0v) is 19.4. The number of hydrogen-bond acceptors (Lipinski definition) is 5. The molecule has 0 atom stereocenters. The van der Waals surface area contributed by atoms with E-state index in [9.17, 15) is 4.79 Å². The number of carbonyl (C=O) groups is 1. The van der Waals surface area contributed by atoms with Gasteiger partial charge >= 0.3 is 0 Å². The fourth-order valence-corrected chi connectivity index (χ4v) is 4.55. The molecule has 1 saturated heterocycles. The maximum atomic E-state index is 13.5. The minimum absolute atomic E-state index is 0.0722. The van der Waals surface area contributed by atoms with Gasteiger partial charge in [-0.2, -0.15) is 5.26 Å². The second kappa shape index (κ2) is 9.97. The van der Waals surface area contributed by atoms with E-state index in [4.69, 9.17) is 10.00 Å². The number of ether oxygens (including phenoxy) is 1. The van der Waals surface area contributed by atoms with Crippen LogP contribution in [-0.4, -0.2) is 46.2 Å². The predicted octanol–water partition coefficient (Wildman–Crippen LogP) is 4.38. The fraction of sp³-hybridized carbons (Fsp3) is 0.385. The second-order valence-corrected chi connectivity index (χ2v) is 8.53. The van der Waals surface area contributed by atoms with E-state index >= 15 is 0 Å². The number of benzene rings is 2. The first-order chi connectivity index (χ1) is 16.0. The molecular weight excluding hydrogens is 414 g/mol. The average molecular weight is 444 g/mol. The summed E-state index contributed by atoms with van der Waals surface area (Å²) in [6, 6.07) is 14.0. The van der Waals surface area contributed by atoms with E-state index in [0.29, 0.717) is 29.7 Å². The van der Waals surface area contributed by atoms with Gasteiger partial charge in [-0.15, -0.1) is 10.2 Å². The van der Waals surface area contributed by atoms with Crippen molar-refractivity contribution >= 4 is 5.91 Å². The highest BCUT2D eigenvalue weighted by Gasteiger charge is 2.26. The molecule has 0 spiro atoms. The topological polar surface area (TPSA) is 94.9 Å². The number of amides is 1. The lowest BCUT2D eigenvalue weighted by molar-refractivity contribution is 0.0712. The summed E-state index contributed by atoms with van der Waals surface area (Å²) in [5, 5.41) is 17.4. The molecular formula is C26H29N5O2. The summed E-state index contributed by atoms with van der Waals surface area (Å²) in [7, 11) is 1.62. The lowest BCUT2D eigenvalue weighted by Gasteiger charge is -2.33. The molecule has 0 radical (unpaired) electrons. The lowest BCUT2D eigenvalue weighted by atomic mass is 9.88. The van der Waals surface area contributed by atoms with E-state index in [1.807, 2.05) is 42.2 Å². The first kappa shape index (κ1) is 22.7. The first-order valence-corrected chi connectivity index (χ1v) is 11.4. The van der Waals surface area contributed by atoms with Gasteiger partial charge in [0, 0.05) is 31.3 Å². The number of rotatable bonds is 6. The summed E-state index contributed by atoms with van der Waals surface area (Å²) >= 11 is 0. The van der Waals surface area contributed by atoms with Crippen LogP contribution in [0.1, 0.15) is 64.1 Å². The molecule has 0 aliphatic carbocycles. The van der Waals surface area contributed by atoms with Crippen molar-refractivity contribution in [2.24, 2.45) is 0 Å². The second-order valence-electron chi connectivity index (χ2n) is 8.53. The molecule has 3 aromatic rings. The Bertz CT molecular complexity index is 1170. The zero-order valence-electron chi connectivity index (χ0n) is 19.4. The Hall–Kier alpha value is -3.50. The summed E-state index contributed by atoms with van der Waals surface area (Å²) in [6.07, 6.45) is 2.62. The summed E-state index contributed by atoms with van der Waals surface area (Å²) in [6.45, 7) is 5.91. The number of piperidine rings is 1. The van der Waals surface area contributed by atoms with Crippen LogP contribution in [0.2, 0.25) is 0 Å². The van der Waals surface area contributed by atoms with Crippen molar-refractivity contribution in [2.45, 2.75) is 45.6 Å². The number of H-pyrrole nitrogens is 1. The number of methoxy groups -OCH3 is 1. The van der Waals surface area contributed by atoms with Gasteiger partial charge in [-0.25, -0.2) is 0 Å². The minimum Gasteiger partial charge on any atom is -0.377 e. The minimum atomic E-state index is 0.0722. The molecule has 7 heteroatoms. The Labute approximate surface area is 194 Å². The van der Waals surface area contributed by atoms with Crippen LogP contribution in [0.5, 0.6) is 0 Å². The average Bonchev–Trinajstić information content (AvgIpc) is 3.32. The SMILES string of the molecule is CCc1cc(C)c(-c2nnc(COC)[nH]2)cc1C(=O)N1CCC(c2ccc(C#N)cc2)CC1. The number of aryl methyl sites for hydroxylation is 2. The number of nitriles is 1. The van der Waals surface area contributed by atoms with Crippen molar-refractivity contribution < 1.29 is 9.53 Å². The van der Waals surface area contributed by atoms with Crippen molar-refractivity contribution in [2.75, 3.05) is 20.2 Å². The molecule has 1 fully saturated rings. The Balaban J connectivity index is 1.53. The Kier molecular flexibility index (Phi) is 6.85. The number of nitrogens with one attached hydrogen (secondary N) is 1. The molecule has 0 saturated carbocycles. The van der Waals surface area contributed by atoms with E-state index in [0.717, 1.165) is 54.6 Å². The van der Waals surface area contributed by atoms with Crippen LogP contribution in [-0.2, 0) is 17.8 Å². The molecule has 2 heterocycles. The molecule has 33 heavy (non-hydrogen) atoms. The van der Waals surface area contributed by atoms with Crippen molar-refractivity contribution in [3.05, 3.63) is 70.0 Å². The molecule has 1 aromatic heterocycles. The van der Waals surface area contributed by atoms with Crippen molar-refractivity contribution in [3.63, 3.8) is 0 Å². The fourth-order valence-electron chi connectivity index (χ4n) is 4.55. The van der Waals surface area contributed by atoms with Gasteiger partial charge in [0.05, 0.1) is 11.6 Å². The van der Waals surface area contributed by atoms with E-state index in [-0.39, 0.29) is 5.91 Å². The highest BCUT2D eigenvalue weighted by Crippen LogP contribution is 2.31. The van der Waals surface area contributed by atoms with Crippen LogP contribution in [0.4, 0.5) is 0 Å². The Morgan fingerprint density at radius 1 is 1.21 bits per heavy atom. The number of likely N-dealkylation sites (tertiary alicyclic amines) is 1. The van der Waals surface area contributed by atoms with E-state index in [1.165, 1.54) is 5.56 Å². The lowest BCUT2D eigenvalue weighted by Crippen LogP contribution is -2.38. The van der Waals surface area contributed by atoms with Gasteiger partial charge in [0.2, 0.25) is 0 Å². The highest BCUT2D eigenvalue weighted by molar-refractivity contribution is 5.97. The maximum Gasteiger partial charge on any atom is 0.254 e. The van der Waals surface area contributed by atoms with Crippen LogP contribution >= 0.6 is 0 Å². The van der Waals surface area contributed by atoms with Crippen LogP contribution in [0.25, 0.3) is 11.4 Å². The third-order valence-corrected chi connectivity index (χ3v) is 6.42. The van der Waals surface area contributed by atoms with Crippen LogP contribution in [0.3, 0.4) is 0 Å². The quantitative estimate of drug-likeness (QED) is 0.610. The molecule has 1 N–H and O–H groups in total. The Morgan fingerprint density at radius 3 is 2.58 bits per heavy atom. The first-order valence-electron chi connectivity index (χ1n) is 11.4. The monoisotopic (exact) mass is 443 g/mol. The van der Waals surface area contributed by atoms with Gasteiger partial charge in [-0.05, 0) is 67.0 Å². The van der Waals surface area contributed by atoms with Gasteiger partial charge in [0.1, 0.15) is 6.61 Å². The molecule has 1 amide bonds. The van der Waals surface area contributed by atoms with Crippen LogP contribution in [0, 0.1) is 18.3 Å². The number of nitrogens with zero attached hydrogens (tertiary/aromatic N) is 4. The molecule has 1 aliphatic heterocycles. The van der Waals surface area contributed by atoms with Gasteiger partial charge in [0.25, 0.3) is 5.91 Å². The van der Waals surface area contributed by atoms with Gasteiger partial charge in [-0.3, -0.25) is 4.79 Å². The van der Waals surface area contributed by atoms with Crippen LogP contribution in [0.15, 0.2) is 36.4 Å². The summed E-state index contributed by atoms with van der Waals surface area (Å²) < 4.78 is 5.13. The maximum absolute atomic E-state index is 13.5. The largest absolute Gasteiger partial charge is 0.377 e. The van der Waals surface area contributed by atoms with E-state index < -0.39 is 0 Å².